The summed E-state index contributed by atoms with van der Waals surface area (Å²) in [6, 6.07) is 0. The monoisotopic (exact) mass is 225 g/mol. The molecular formula is C10H19N5O. The lowest BCUT2D eigenvalue weighted by Gasteiger charge is -2.32. The Morgan fingerprint density at radius 1 is 1.62 bits per heavy atom. The zero-order chi connectivity index (χ0) is 11.4. The van der Waals surface area contributed by atoms with E-state index in [-0.39, 0.29) is 6.10 Å². The van der Waals surface area contributed by atoms with E-state index >= 15 is 0 Å². The first kappa shape index (κ1) is 11.5. The Kier molecular flexibility index (Phi) is 3.87. The van der Waals surface area contributed by atoms with Crippen LogP contribution in [0.1, 0.15) is 5.82 Å². The topological polar surface area (TPSA) is 55.2 Å². The molecule has 0 saturated carbocycles. The minimum Gasteiger partial charge on any atom is -0.374 e. The van der Waals surface area contributed by atoms with Crippen LogP contribution in [-0.2, 0) is 18.3 Å². The molecule has 0 bridgehead atoms. The van der Waals surface area contributed by atoms with Crippen LogP contribution in [0.25, 0.3) is 0 Å². The van der Waals surface area contributed by atoms with Crippen molar-refractivity contribution in [1.29, 1.82) is 0 Å². The van der Waals surface area contributed by atoms with Crippen molar-refractivity contribution in [2.24, 2.45) is 7.05 Å². The van der Waals surface area contributed by atoms with Gasteiger partial charge in [0, 0.05) is 26.7 Å². The molecule has 1 aliphatic rings. The van der Waals surface area contributed by atoms with Gasteiger partial charge in [0.25, 0.3) is 0 Å². The van der Waals surface area contributed by atoms with Gasteiger partial charge in [0.1, 0.15) is 12.2 Å². The van der Waals surface area contributed by atoms with Crippen LogP contribution in [0, 0.1) is 0 Å². The van der Waals surface area contributed by atoms with Crippen molar-refractivity contribution in [3.05, 3.63) is 12.2 Å². The van der Waals surface area contributed by atoms with E-state index in [0.29, 0.717) is 0 Å². The molecular weight excluding hydrogens is 206 g/mol. The second kappa shape index (κ2) is 5.38. The predicted octanol–water partition coefficient (Wildman–Crippen LogP) is -0.765. The van der Waals surface area contributed by atoms with Crippen molar-refractivity contribution in [1.82, 2.24) is 25.0 Å². The summed E-state index contributed by atoms with van der Waals surface area (Å²) in [6.45, 7) is 4.46. The highest BCUT2D eigenvalue weighted by molar-refractivity contribution is 4.86. The molecule has 0 spiro atoms. The van der Waals surface area contributed by atoms with Crippen LogP contribution in [0.5, 0.6) is 0 Å². The molecule has 0 aliphatic carbocycles. The maximum absolute atomic E-state index is 5.65. The van der Waals surface area contributed by atoms with Gasteiger partial charge < -0.3 is 14.6 Å². The van der Waals surface area contributed by atoms with Crippen molar-refractivity contribution in [2.75, 3.05) is 33.3 Å². The number of nitrogens with zero attached hydrogens (tertiary/aromatic N) is 4. The highest BCUT2D eigenvalue weighted by atomic mass is 16.5. The Bertz CT molecular complexity index is 325. The van der Waals surface area contributed by atoms with Crippen LogP contribution in [0.3, 0.4) is 0 Å². The molecule has 16 heavy (non-hydrogen) atoms. The van der Waals surface area contributed by atoms with Gasteiger partial charge in [0.15, 0.2) is 0 Å². The first-order chi connectivity index (χ1) is 7.79. The summed E-state index contributed by atoms with van der Waals surface area (Å²) in [5, 5.41) is 11.1. The summed E-state index contributed by atoms with van der Waals surface area (Å²) in [5.74, 6) is 1.00. The minimum atomic E-state index is 0.284. The molecule has 0 amide bonds. The Morgan fingerprint density at radius 3 is 3.19 bits per heavy atom. The van der Waals surface area contributed by atoms with Gasteiger partial charge in [-0.2, -0.15) is 0 Å². The molecule has 1 aromatic heterocycles. The zero-order valence-corrected chi connectivity index (χ0v) is 9.89. The smallest absolute Gasteiger partial charge is 0.146 e. The van der Waals surface area contributed by atoms with E-state index in [2.05, 4.69) is 20.4 Å². The first-order valence-corrected chi connectivity index (χ1v) is 5.61. The Hall–Kier alpha value is -0.980. The molecule has 1 aromatic rings. The fraction of sp³-hybridized carbons (Fsp3) is 0.800. The Morgan fingerprint density at radius 2 is 2.50 bits per heavy atom. The van der Waals surface area contributed by atoms with E-state index in [1.54, 1.807) is 6.33 Å². The van der Waals surface area contributed by atoms with Crippen molar-refractivity contribution in [3.8, 4) is 0 Å². The second-order valence-electron chi connectivity index (χ2n) is 4.14. The lowest BCUT2D eigenvalue weighted by molar-refractivity contribution is -0.0301. The van der Waals surface area contributed by atoms with Gasteiger partial charge in [-0.1, -0.05) is 0 Å². The fourth-order valence-corrected chi connectivity index (χ4v) is 1.93. The fourth-order valence-electron chi connectivity index (χ4n) is 1.93. The Balaban J connectivity index is 1.88. The van der Waals surface area contributed by atoms with Crippen molar-refractivity contribution in [3.63, 3.8) is 0 Å². The van der Waals surface area contributed by atoms with Crippen LogP contribution >= 0.6 is 0 Å². The summed E-state index contributed by atoms with van der Waals surface area (Å²) in [7, 11) is 3.92. The van der Waals surface area contributed by atoms with Crippen LogP contribution in [-0.4, -0.2) is 59.1 Å². The number of ether oxygens (including phenoxy) is 1. The number of aromatic nitrogens is 3. The number of aryl methyl sites for hydroxylation is 1. The summed E-state index contributed by atoms with van der Waals surface area (Å²) in [4.78, 5) is 2.36. The summed E-state index contributed by atoms with van der Waals surface area (Å²) < 4.78 is 7.61. The number of likely N-dealkylation sites (N-methyl/N-ethyl adjacent to an activating group) is 1. The summed E-state index contributed by atoms with van der Waals surface area (Å²) >= 11 is 0. The van der Waals surface area contributed by atoms with Crippen molar-refractivity contribution >= 4 is 0 Å². The summed E-state index contributed by atoms with van der Waals surface area (Å²) in [6.07, 6.45) is 2.02. The third-order valence-electron chi connectivity index (χ3n) is 2.82. The first-order valence-electron chi connectivity index (χ1n) is 5.61. The molecule has 6 nitrogen and oxygen atoms in total. The highest BCUT2D eigenvalue weighted by Crippen LogP contribution is 2.07. The maximum Gasteiger partial charge on any atom is 0.146 e. The quantitative estimate of drug-likeness (QED) is 0.729. The molecule has 0 radical (unpaired) electrons. The SMILES string of the molecule is CNCC1CN(Cc2nncn2C)CCO1. The van der Waals surface area contributed by atoms with Gasteiger partial charge in [0.2, 0.25) is 0 Å². The van der Waals surface area contributed by atoms with Crippen LogP contribution < -0.4 is 5.32 Å². The van der Waals surface area contributed by atoms with Gasteiger partial charge in [-0.15, -0.1) is 10.2 Å². The number of hydrogen-bond acceptors (Lipinski definition) is 5. The molecule has 1 fully saturated rings. The van der Waals surface area contributed by atoms with Gasteiger partial charge in [-0.3, -0.25) is 4.90 Å². The number of morpholine rings is 1. The predicted molar refractivity (Wildman–Crippen MR) is 59.9 cm³/mol. The standard InChI is InChI=1S/C10H19N5O/c1-11-5-9-6-15(3-4-16-9)7-10-13-12-8-14(10)2/h8-9,11H,3-7H2,1-2H3. The Labute approximate surface area is 95.6 Å². The van der Waals surface area contributed by atoms with Crippen LogP contribution in [0.15, 0.2) is 6.33 Å². The van der Waals surface area contributed by atoms with Gasteiger partial charge in [0.05, 0.1) is 19.3 Å². The van der Waals surface area contributed by atoms with E-state index < -0.39 is 0 Å². The van der Waals surface area contributed by atoms with Gasteiger partial charge in [-0.25, -0.2) is 0 Å². The van der Waals surface area contributed by atoms with Crippen molar-refractivity contribution < 1.29 is 4.74 Å². The van der Waals surface area contributed by atoms with Crippen LogP contribution in [0.4, 0.5) is 0 Å². The molecule has 1 aliphatic heterocycles. The average molecular weight is 225 g/mol. The normalized spacial score (nSPS) is 22.5. The number of rotatable bonds is 4. The second-order valence-corrected chi connectivity index (χ2v) is 4.14. The molecule has 1 saturated heterocycles. The van der Waals surface area contributed by atoms with Crippen LogP contribution in [0.2, 0.25) is 0 Å². The van der Waals surface area contributed by atoms with E-state index in [1.807, 2.05) is 18.7 Å². The minimum absolute atomic E-state index is 0.284. The third kappa shape index (κ3) is 2.78. The van der Waals surface area contributed by atoms with E-state index in [1.165, 1.54) is 0 Å². The highest BCUT2D eigenvalue weighted by Gasteiger charge is 2.20. The lowest BCUT2D eigenvalue weighted by atomic mass is 10.2. The van der Waals surface area contributed by atoms with E-state index in [9.17, 15) is 0 Å². The van der Waals surface area contributed by atoms with Gasteiger partial charge >= 0.3 is 0 Å². The summed E-state index contributed by atoms with van der Waals surface area (Å²) in [5.41, 5.74) is 0. The molecule has 6 heteroatoms. The van der Waals surface area contributed by atoms with E-state index in [0.717, 1.165) is 38.6 Å². The zero-order valence-electron chi connectivity index (χ0n) is 9.89. The maximum atomic E-state index is 5.65. The molecule has 1 atom stereocenters. The van der Waals surface area contributed by atoms with Gasteiger partial charge in [-0.05, 0) is 7.05 Å². The largest absolute Gasteiger partial charge is 0.374 e. The lowest BCUT2D eigenvalue weighted by Crippen LogP contribution is -2.45. The molecule has 0 aromatic carbocycles. The molecule has 2 heterocycles. The number of nitrogens with one attached hydrogen (secondary N) is 1. The molecule has 1 unspecified atom stereocenters. The molecule has 2 rings (SSSR count). The molecule has 1 N–H and O–H groups in total. The molecule has 90 valence electrons. The average Bonchev–Trinajstić information content (AvgIpc) is 2.66. The number of hydrogen-bond donors (Lipinski definition) is 1. The third-order valence-corrected chi connectivity index (χ3v) is 2.82. The van der Waals surface area contributed by atoms with Crippen molar-refractivity contribution in [2.45, 2.75) is 12.6 Å². The van der Waals surface area contributed by atoms with E-state index in [4.69, 9.17) is 4.74 Å².